The van der Waals surface area contributed by atoms with Crippen LogP contribution in [0.25, 0.3) is 0 Å². The Balaban J connectivity index is 3.55. The first kappa shape index (κ1) is 11.6. The highest BCUT2D eigenvalue weighted by Gasteiger charge is 2.18. The van der Waals surface area contributed by atoms with Crippen LogP contribution in [-0.2, 0) is 9.84 Å². The van der Waals surface area contributed by atoms with E-state index in [0.717, 1.165) is 6.26 Å². The Morgan fingerprint density at radius 1 is 1.20 bits per heavy atom. The van der Waals surface area contributed by atoms with Gasteiger partial charge in [0.25, 0.3) is 5.69 Å². The van der Waals surface area contributed by atoms with Crippen molar-refractivity contribution in [3.8, 4) is 0 Å². The second-order valence-electron chi connectivity index (χ2n) is 3.44. The van der Waals surface area contributed by atoms with Crippen molar-refractivity contribution in [3.63, 3.8) is 0 Å². The van der Waals surface area contributed by atoms with Crippen molar-refractivity contribution < 1.29 is 13.3 Å². The first-order valence-corrected chi connectivity index (χ1v) is 6.08. The van der Waals surface area contributed by atoms with Gasteiger partial charge in [-0.2, -0.15) is 0 Å². The van der Waals surface area contributed by atoms with Crippen molar-refractivity contribution in [2.75, 3.05) is 6.26 Å². The van der Waals surface area contributed by atoms with Gasteiger partial charge in [0.2, 0.25) is 0 Å². The minimum Gasteiger partial charge on any atom is -0.258 e. The number of nitro benzene ring substituents is 1. The van der Waals surface area contributed by atoms with E-state index in [0.29, 0.717) is 11.1 Å². The summed E-state index contributed by atoms with van der Waals surface area (Å²) in [5.41, 5.74) is 0.728. The van der Waals surface area contributed by atoms with Gasteiger partial charge in [0.15, 0.2) is 9.84 Å². The average molecular weight is 229 g/mol. The number of hydrogen-bond acceptors (Lipinski definition) is 4. The summed E-state index contributed by atoms with van der Waals surface area (Å²) in [5, 5.41) is 10.5. The maximum atomic E-state index is 11.4. The van der Waals surface area contributed by atoms with Crippen LogP contribution >= 0.6 is 0 Å². The van der Waals surface area contributed by atoms with Gasteiger partial charge in [-0.25, -0.2) is 8.42 Å². The van der Waals surface area contributed by atoms with Crippen LogP contribution in [0.15, 0.2) is 17.0 Å². The molecule has 1 aromatic carbocycles. The molecule has 0 heterocycles. The summed E-state index contributed by atoms with van der Waals surface area (Å²) in [5.74, 6) is 0. The summed E-state index contributed by atoms with van der Waals surface area (Å²) in [4.78, 5) is 10.2. The first-order valence-electron chi connectivity index (χ1n) is 4.19. The third-order valence-electron chi connectivity index (χ3n) is 2.03. The molecule has 6 heteroatoms. The van der Waals surface area contributed by atoms with E-state index in [2.05, 4.69) is 0 Å². The second-order valence-corrected chi connectivity index (χ2v) is 5.39. The Morgan fingerprint density at radius 3 is 1.87 bits per heavy atom. The van der Waals surface area contributed by atoms with Crippen LogP contribution in [0.2, 0.25) is 0 Å². The Morgan fingerprint density at radius 2 is 1.60 bits per heavy atom. The number of sulfone groups is 1. The SMILES string of the molecule is Cc1cc([N+](=O)[O-])cc(C)c1S(C)(=O)=O. The predicted octanol–water partition coefficient (Wildman–Crippen LogP) is 1.62. The second kappa shape index (κ2) is 3.62. The number of benzene rings is 1. The van der Waals surface area contributed by atoms with Crippen LogP contribution in [0.1, 0.15) is 11.1 Å². The summed E-state index contributed by atoms with van der Waals surface area (Å²) in [6.07, 6.45) is 1.09. The van der Waals surface area contributed by atoms with Crippen LogP contribution in [0.4, 0.5) is 5.69 Å². The van der Waals surface area contributed by atoms with Gasteiger partial charge < -0.3 is 0 Å². The quantitative estimate of drug-likeness (QED) is 0.570. The molecule has 0 unspecified atom stereocenters. The van der Waals surface area contributed by atoms with E-state index < -0.39 is 14.8 Å². The Hall–Kier alpha value is -1.43. The molecular formula is C9H11NO4S. The molecule has 1 aromatic rings. The molecule has 0 bridgehead atoms. The smallest absolute Gasteiger partial charge is 0.258 e. The van der Waals surface area contributed by atoms with E-state index in [1.165, 1.54) is 12.1 Å². The molecule has 0 radical (unpaired) electrons. The summed E-state index contributed by atoms with van der Waals surface area (Å²) < 4.78 is 22.8. The molecule has 82 valence electrons. The van der Waals surface area contributed by atoms with Gasteiger partial charge in [0, 0.05) is 18.4 Å². The van der Waals surface area contributed by atoms with Gasteiger partial charge in [-0.3, -0.25) is 10.1 Å². The Bertz CT molecular complexity index is 496. The van der Waals surface area contributed by atoms with E-state index in [4.69, 9.17) is 0 Å². The lowest BCUT2D eigenvalue weighted by Crippen LogP contribution is -2.04. The molecular weight excluding hydrogens is 218 g/mol. The standard InChI is InChI=1S/C9H11NO4S/c1-6-4-8(10(11)12)5-7(2)9(6)15(3,13)14/h4-5H,1-3H3. The highest BCUT2D eigenvalue weighted by atomic mass is 32.2. The van der Waals surface area contributed by atoms with Crippen LogP contribution in [-0.4, -0.2) is 19.6 Å². The monoisotopic (exact) mass is 229 g/mol. The molecule has 0 aliphatic carbocycles. The molecule has 0 aromatic heterocycles. The van der Waals surface area contributed by atoms with Crippen molar-refractivity contribution >= 4 is 15.5 Å². The molecule has 0 saturated carbocycles. The molecule has 0 aliphatic rings. The largest absolute Gasteiger partial charge is 0.270 e. The third-order valence-corrected chi connectivity index (χ3v) is 3.41. The number of rotatable bonds is 2. The molecule has 0 N–H and O–H groups in total. The fourth-order valence-electron chi connectivity index (χ4n) is 1.62. The van der Waals surface area contributed by atoms with Crippen molar-refractivity contribution in [2.45, 2.75) is 18.7 Å². The van der Waals surface area contributed by atoms with Crippen molar-refractivity contribution in [1.29, 1.82) is 0 Å². The van der Waals surface area contributed by atoms with Crippen LogP contribution < -0.4 is 0 Å². The zero-order valence-electron chi connectivity index (χ0n) is 8.64. The lowest BCUT2D eigenvalue weighted by Gasteiger charge is -2.06. The highest BCUT2D eigenvalue weighted by molar-refractivity contribution is 7.90. The van der Waals surface area contributed by atoms with Gasteiger partial charge in [-0.15, -0.1) is 0 Å². The zero-order chi connectivity index (χ0) is 11.8. The van der Waals surface area contributed by atoms with Crippen molar-refractivity contribution in [3.05, 3.63) is 33.4 Å². The minimum atomic E-state index is -3.33. The first-order chi connectivity index (χ1) is 6.73. The third kappa shape index (κ3) is 2.33. The highest BCUT2D eigenvalue weighted by Crippen LogP contribution is 2.25. The molecule has 0 atom stereocenters. The zero-order valence-corrected chi connectivity index (χ0v) is 9.46. The minimum absolute atomic E-state index is 0.0857. The number of non-ortho nitro benzene ring substituents is 1. The average Bonchev–Trinajstić information content (AvgIpc) is 1.99. The lowest BCUT2D eigenvalue weighted by atomic mass is 10.1. The van der Waals surface area contributed by atoms with E-state index in [-0.39, 0.29) is 10.6 Å². The topological polar surface area (TPSA) is 77.3 Å². The van der Waals surface area contributed by atoms with Crippen LogP contribution in [0.3, 0.4) is 0 Å². The number of aryl methyl sites for hydroxylation is 2. The molecule has 15 heavy (non-hydrogen) atoms. The van der Waals surface area contributed by atoms with Gasteiger partial charge in [-0.05, 0) is 25.0 Å². The molecule has 1 rings (SSSR count). The van der Waals surface area contributed by atoms with Gasteiger partial charge in [0.05, 0.1) is 9.82 Å². The normalized spacial score (nSPS) is 11.4. The maximum absolute atomic E-state index is 11.4. The van der Waals surface area contributed by atoms with Crippen molar-refractivity contribution in [2.24, 2.45) is 0 Å². The van der Waals surface area contributed by atoms with Crippen LogP contribution in [0.5, 0.6) is 0 Å². The van der Waals surface area contributed by atoms with Crippen molar-refractivity contribution in [1.82, 2.24) is 0 Å². The number of nitro groups is 1. The molecule has 0 fully saturated rings. The Labute approximate surface area is 87.8 Å². The maximum Gasteiger partial charge on any atom is 0.270 e. The number of hydrogen-bond donors (Lipinski definition) is 0. The summed E-state index contributed by atoms with van der Waals surface area (Å²) in [6.45, 7) is 3.10. The fourth-order valence-corrected chi connectivity index (χ4v) is 2.91. The van der Waals surface area contributed by atoms with Gasteiger partial charge in [0.1, 0.15) is 0 Å². The van der Waals surface area contributed by atoms with E-state index in [1.54, 1.807) is 13.8 Å². The van der Waals surface area contributed by atoms with Gasteiger partial charge in [-0.1, -0.05) is 0 Å². The summed E-state index contributed by atoms with van der Waals surface area (Å²) in [7, 11) is -3.33. The van der Waals surface area contributed by atoms with E-state index >= 15 is 0 Å². The molecule has 0 saturated heterocycles. The lowest BCUT2D eigenvalue weighted by molar-refractivity contribution is -0.385. The molecule has 5 nitrogen and oxygen atoms in total. The fraction of sp³-hybridized carbons (Fsp3) is 0.333. The predicted molar refractivity (Wildman–Crippen MR) is 55.7 cm³/mol. The molecule has 0 aliphatic heterocycles. The number of nitrogens with zero attached hydrogens (tertiary/aromatic N) is 1. The van der Waals surface area contributed by atoms with Gasteiger partial charge >= 0.3 is 0 Å². The summed E-state index contributed by atoms with van der Waals surface area (Å²) in [6, 6.07) is 2.53. The van der Waals surface area contributed by atoms with Crippen LogP contribution in [0, 0.1) is 24.0 Å². The molecule has 0 spiro atoms. The molecule has 0 amide bonds. The Kier molecular flexibility index (Phi) is 2.81. The van der Waals surface area contributed by atoms with E-state index in [1.807, 2.05) is 0 Å². The van der Waals surface area contributed by atoms with E-state index in [9.17, 15) is 18.5 Å². The summed E-state index contributed by atoms with van der Waals surface area (Å²) >= 11 is 0.